The van der Waals surface area contributed by atoms with E-state index in [1.807, 2.05) is 30.3 Å². The van der Waals surface area contributed by atoms with Crippen molar-refractivity contribution in [1.29, 1.82) is 0 Å². The van der Waals surface area contributed by atoms with Crippen LogP contribution >= 0.6 is 0 Å². The molecule has 1 aromatic carbocycles. The predicted octanol–water partition coefficient (Wildman–Crippen LogP) is 3.69. The van der Waals surface area contributed by atoms with Gasteiger partial charge in [-0.3, -0.25) is 5.10 Å². The average Bonchev–Trinajstić information content (AvgIpc) is 3.38. The number of aromatic amines is 1. The lowest BCUT2D eigenvalue weighted by Gasteiger charge is -2.22. The van der Waals surface area contributed by atoms with Crippen LogP contribution in [0.4, 0.5) is 4.79 Å². The fourth-order valence-corrected chi connectivity index (χ4v) is 5.89. The Bertz CT molecular complexity index is 1040. The van der Waals surface area contributed by atoms with E-state index in [0.717, 1.165) is 50.9 Å². The van der Waals surface area contributed by atoms with Crippen molar-refractivity contribution >= 4 is 16.1 Å². The maximum atomic E-state index is 12.9. The van der Waals surface area contributed by atoms with Crippen LogP contribution in [0.15, 0.2) is 30.3 Å². The van der Waals surface area contributed by atoms with Crippen molar-refractivity contribution in [1.82, 2.24) is 30.1 Å². The monoisotopic (exact) mass is 534 g/mol. The van der Waals surface area contributed by atoms with Crippen LogP contribution in [0, 0.1) is 0 Å². The maximum absolute atomic E-state index is 12.9. The molecule has 206 valence electrons. The number of nitrogens with one attached hydrogen (secondary N) is 3. The van der Waals surface area contributed by atoms with E-state index in [-0.39, 0.29) is 18.4 Å². The molecule has 0 saturated heterocycles. The highest BCUT2D eigenvalue weighted by atomic mass is 32.2. The number of carbonyl (C=O) groups excluding carboxylic acids is 1. The average molecular weight is 535 g/mol. The third-order valence-electron chi connectivity index (χ3n) is 6.80. The van der Waals surface area contributed by atoms with Crippen molar-refractivity contribution in [3.05, 3.63) is 47.5 Å². The second kappa shape index (κ2) is 15.0. The summed E-state index contributed by atoms with van der Waals surface area (Å²) in [7, 11) is -3.54. The molecule has 1 heterocycles. The highest BCUT2D eigenvalue weighted by Gasteiger charge is 2.24. The number of alkyl carbamates (subject to hydrolysis) is 1. The van der Waals surface area contributed by atoms with E-state index in [4.69, 9.17) is 4.74 Å². The molecule has 1 aromatic heterocycles. The van der Waals surface area contributed by atoms with Crippen molar-refractivity contribution in [3.8, 4) is 0 Å². The number of hydrogen-bond donors (Lipinski definition) is 3. The van der Waals surface area contributed by atoms with Gasteiger partial charge in [0.05, 0.1) is 11.8 Å². The van der Waals surface area contributed by atoms with Crippen LogP contribution in [-0.2, 0) is 27.8 Å². The molecule has 10 nitrogen and oxygen atoms in total. The first kappa shape index (κ1) is 29.1. The summed E-state index contributed by atoms with van der Waals surface area (Å²) >= 11 is 0. The molecule has 0 spiro atoms. The zero-order valence-electron chi connectivity index (χ0n) is 22.1. The van der Waals surface area contributed by atoms with Crippen molar-refractivity contribution in [2.24, 2.45) is 0 Å². The zero-order chi connectivity index (χ0) is 26.5. The quantitative estimate of drug-likeness (QED) is 0.318. The Morgan fingerprint density at radius 1 is 1.16 bits per heavy atom. The Morgan fingerprint density at radius 2 is 1.89 bits per heavy atom. The lowest BCUT2D eigenvalue weighted by atomic mass is 9.96. The van der Waals surface area contributed by atoms with Gasteiger partial charge in [-0.15, -0.1) is 0 Å². The summed E-state index contributed by atoms with van der Waals surface area (Å²) in [5, 5.41) is 9.96. The number of aryl methyl sites for hydroxylation is 1. The molecular weight excluding hydrogens is 492 g/mol. The molecule has 0 unspecified atom stereocenters. The highest BCUT2D eigenvalue weighted by molar-refractivity contribution is 7.89. The molecule has 3 rings (SSSR count). The van der Waals surface area contributed by atoms with E-state index >= 15 is 0 Å². The maximum Gasteiger partial charge on any atom is 0.407 e. The molecule has 1 saturated carbocycles. The zero-order valence-corrected chi connectivity index (χ0v) is 22.9. The highest BCUT2D eigenvalue weighted by Crippen LogP contribution is 2.19. The first-order valence-corrected chi connectivity index (χ1v) is 15.1. The summed E-state index contributed by atoms with van der Waals surface area (Å²) in [5.41, 5.74) is 1.10. The number of hydrogen-bond acceptors (Lipinski definition) is 7. The standard InChI is InChI=1S/C26H42N6O4S/c1-3-32(4-2)18-11-19-37(34,35)31-23(17-16-21-12-7-5-8-13-21)25-28-24(29-30-25)20-36-26(33)27-22-14-9-6-10-15-22/h5,7-8,12-13,22-23,31H,3-4,6,9-11,14-20H2,1-2H3,(H,27,33)(H,28,29,30)/t23-/m1/s1. The minimum Gasteiger partial charge on any atom is -0.441 e. The predicted molar refractivity (Wildman–Crippen MR) is 143 cm³/mol. The first-order valence-electron chi connectivity index (χ1n) is 13.5. The molecule has 2 aromatic rings. The molecule has 0 aliphatic heterocycles. The number of aromatic nitrogens is 3. The van der Waals surface area contributed by atoms with E-state index in [9.17, 15) is 13.2 Å². The van der Waals surface area contributed by atoms with E-state index in [1.165, 1.54) is 6.42 Å². The number of amides is 1. The van der Waals surface area contributed by atoms with E-state index in [2.05, 4.69) is 44.0 Å². The Labute approximate surface area is 221 Å². The molecule has 1 atom stereocenters. The Balaban J connectivity index is 1.59. The van der Waals surface area contributed by atoms with Crippen LogP contribution in [0.3, 0.4) is 0 Å². The van der Waals surface area contributed by atoms with Gasteiger partial charge in [-0.1, -0.05) is 63.4 Å². The van der Waals surface area contributed by atoms with Gasteiger partial charge in [0, 0.05) is 6.04 Å². The second-order valence-electron chi connectivity index (χ2n) is 9.59. The molecule has 11 heteroatoms. The molecule has 3 N–H and O–H groups in total. The first-order chi connectivity index (χ1) is 17.9. The summed E-state index contributed by atoms with van der Waals surface area (Å²) in [6.07, 6.45) is 6.62. The molecule has 1 aliphatic rings. The van der Waals surface area contributed by atoms with Crippen LogP contribution in [-0.4, -0.2) is 66.0 Å². The number of benzene rings is 1. The lowest BCUT2D eigenvalue weighted by molar-refractivity contribution is 0.130. The van der Waals surface area contributed by atoms with E-state index < -0.39 is 22.2 Å². The molecular formula is C26H42N6O4S. The van der Waals surface area contributed by atoms with Gasteiger partial charge < -0.3 is 15.0 Å². The molecule has 1 amide bonds. The van der Waals surface area contributed by atoms with Crippen LogP contribution in [0.2, 0.25) is 0 Å². The Hall–Kier alpha value is -2.50. The number of ether oxygens (including phenoxy) is 1. The van der Waals surface area contributed by atoms with Gasteiger partial charge in [0.1, 0.15) is 0 Å². The topological polar surface area (TPSA) is 129 Å². The van der Waals surface area contributed by atoms with Gasteiger partial charge >= 0.3 is 6.09 Å². The van der Waals surface area contributed by atoms with Gasteiger partial charge in [0.2, 0.25) is 10.0 Å². The van der Waals surface area contributed by atoms with E-state index in [0.29, 0.717) is 30.9 Å². The number of H-pyrrole nitrogens is 1. The molecule has 0 bridgehead atoms. The number of rotatable bonds is 15. The second-order valence-corrected chi connectivity index (χ2v) is 11.5. The van der Waals surface area contributed by atoms with Crippen LogP contribution in [0.25, 0.3) is 0 Å². The number of sulfonamides is 1. The molecule has 1 aliphatic carbocycles. The van der Waals surface area contributed by atoms with Crippen LogP contribution in [0.5, 0.6) is 0 Å². The normalized spacial score (nSPS) is 15.5. The number of carbonyl (C=O) groups is 1. The minimum absolute atomic E-state index is 0.0348. The van der Waals surface area contributed by atoms with Crippen molar-refractivity contribution < 1.29 is 17.9 Å². The molecule has 1 fully saturated rings. The third kappa shape index (κ3) is 10.4. The van der Waals surface area contributed by atoms with Crippen molar-refractivity contribution in [2.75, 3.05) is 25.4 Å². The minimum atomic E-state index is -3.54. The van der Waals surface area contributed by atoms with Gasteiger partial charge in [-0.2, -0.15) is 5.10 Å². The fourth-order valence-electron chi connectivity index (χ4n) is 4.61. The third-order valence-corrected chi connectivity index (χ3v) is 8.27. The fraction of sp³-hybridized carbons (Fsp3) is 0.654. The summed E-state index contributed by atoms with van der Waals surface area (Å²) in [4.78, 5) is 18.8. The summed E-state index contributed by atoms with van der Waals surface area (Å²) in [5.74, 6) is 0.751. The van der Waals surface area contributed by atoms with Crippen molar-refractivity contribution in [3.63, 3.8) is 0 Å². The Kier molecular flexibility index (Phi) is 11.8. The van der Waals surface area contributed by atoms with E-state index in [1.54, 1.807) is 0 Å². The van der Waals surface area contributed by atoms with Crippen LogP contribution < -0.4 is 10.0 Å². The largest absolute Gasteiger partial charge is 0.441 e. The summed E-state index contributed by atoms with van der Waals surface area (Å²) in [6, 6.07) is 9.45. The van der Waals surface area contributed by atoms with Gasteiger partial charge in [0.25, 0.3) is 0 Å². The summed E-state index contributed by atoms with van der Waals surface area (Å²) in [6.45, 7) is 6.59. The molecule has 37 heavy (non-hydrogen) atoms. The van der Waals surface area contributed by atoms with Gasteiger partial charge in [-0.25, -0.2) is 22.9 Å². The number of nitrogens with zero attached hydrogens (tertiary/aromatic N) is 3. The van der Waals surface area contributed by atoms with Crippen LogP contribution in [0.1, 0.15) is 82.0 Å². The smallest absolute Gasteiger partial charge is 0.407 e. The molecule has 0 radical (unpaired) electrons. The lowest BCUT2D eigenvalue weighted by Crippen LogP contribution is -2.36. The Morgan fingerprint density at radius 3 is 2.59 bits per heavy atom. The summed E-state index contributed by atoms with van der Waals surface area (Å²) < 4.78 is 34.0. The van der Waals surface area contributed by atoms with Gasteiger partial charge in [0.15, 0.2) is 18.3 Å². The van der Waals surface area contributed by atoms with Crippen molar-refractivity contribution in [2.45, 2.75) is 83.9 Å². The van der Waals surface area contributed by atoms with Gasteiger partial charge in [-0.05, 0) is 57.3 Å². The SMILES string of the molecule is CCN(CC)CCCS(=O)(=O)N[C@H](CCc1ccccc1)c1n[nH]c(COC(=O)NC2CCCCC2)n1.